The van der Waals surface area contributed by atoms with Gasteiger partial charge in [0.05, 0.1) is 19.2 Å². The van der Waals surface area contributed by atoms with Gasteiger partial charge in [-0.3, -0.25) is 19.5 Å². The molecule has 3 aromatic carbocycles. The summed E-state index contributed by atoms with van der Waals surface area (Å²) >= 11 is 6.02. The number of carbonyl (C=O) groups excluding carboxylic acids is 2. The Balaban J connectivity index is 0.000000158. The number of piperazine rings is 5. The van der Waals surface area contributed by atoms with Crippen LogP contribution in [0.1, 0.15) is 42.5 Å². The summed E-state index contributed by atoms with van der Waals surface area (Å²) in [5, 5.41) is 17.3. The van der Waals surface area contributed by atoms with Gasteiger partial charge in [0.25, 0.3) is 0 Å². The van der Waals surface area contributed by atoms with E-state index in [1.54, 1.807) is 4.90 Å². The number of ether oxygens (including phenoxy) is 1. The average Bonchev–Trinajstić information content (AvgIpc) is 3.92. The number of hydrogen-bond donors (Lipinski definition) is 5. The monoisotopic (exact) mass is 918 g/mol. The maximum absolute atomic E-state index is 11.8. The minimum absolute atomic E-state index is 0.186. The van der Waals surface area contributed by atoms with Crippen LogP contribution < -0.4 is 26.6 Å². The van der Waals surface area contributed by atoms with Gasteiger partial charge in [0.2, 0.25) is 5.91 Å². The highest BCUT2D eigenvalue weighted by atomic mass is 35.5. The molecule has 0 radical (unpaired) electrons. The molecule has 1 unspecified atom stereocenters. The molecule has 9 rings (SSSR count). The van der Waals surface area contributed by atoms with Gasteiger partial charge in [-0.25, -0.2) is 4.79 Å². The largest absolute Gasteiger partial charge is 0.450 e. The molecule has 3 aromatic rings. The van der Waals surface area contributed by atoms with Crippen molar-refractivity contribution in [2.24, 2.45) is 0 Å². The van der Waals surface area contributed by atoms with E-state index in [-0.39, 0.29) is 6.09 Å². The third kappa shape index (κ3) is 20.4. The Morgan fingerprint density at radius 2 is 1.02 bits per heavy atom. The second kappa shape index (κ2) is 31.3. The van der Waals surface area contributed by atoms with Crippen LogP contribution in [0.5, 0.6) is 0 Å². The zero-order valence-electron chi connectivity index (χ0n) is 39.5. The van der Waals surface area contributed by atoms with E-state index in [0.29, 0.717) is 25.1 Å². The fourth-order valence-electron chi connectivity index (χ4n) is 8.51. The zero-order valence-corrected chi connectivity index (χ0v) is 40.3. The lowest BCUT2D eigenvalue weighted by atomic mass is 9.96. The molecule has 65 heavy (non-hydrogen) atoms. The smallest absolute Gasteiger partial charge is 0.409 e. The van der Waals surface area contributed by atoms with Crippen LogP contribution in [0.25, 0.3) is 0 Å². The molecule has 360 valence electrons. The summed E-state index contributed by atoms with van der Waals surface area (Å²) < 4.78 is 4.84. The molecule has 2 amide bonds. The second-order valence-corrected chi connectivity index (χ2v) is 17.7. The van der Waals surface area contributed by atoms with Gasteiger partial charge in [-0.1, -0.05) is 84.4 Å². The first kappa shape index (κ1) is 52.3. The summed E-state index contributed by atoms with van der Waals surface area (Å²) in [5.41, 5.74) is 4.07. The number of nitrogens with zero attached hydrogens (tertiary/aromatic N) is 6. The maximum atomic E-state index is 11.8. The van der Waals surface area contributed by atoms with Crippen molar-refractivity contribution in [3.63, 3.8) is 0 Å². The Morgan fingerprint density at radius 3 is 1.52 bits per heavy atom. The predicted octanol–water partition coefficient (Wildman–Crippen LogP) is 3.51. The quantitative estimate of drug-likeness (QED) is 0.228. The Morgan fingerprint density at radius 1 is 0.554 bits per heavy atom. The Bertz CT molecular complexity index is 1680. The molecule has 6 aliphatic heterocycles. The summed E-state index contributed by atoms with van der Waals surface area (Å²) in [4.78, 5) is 36.2. The van der Waals surface area contributed by atoms with E-state index in [1.807, 2.05) is 24.0 Å². The van der Waals surface area contributed by atoms with E-state index in [4.69, 9.17) is 16.3 Å². The van der Waals surface area contributed by atoms with Crippen LogP contribution in [0.4, 0.5) is 4.79 Å². The third-order valence-electron chi connectivity index (χ3n) is 12.3. The molecule has 15 heteroatoms. The molecule has 0 spiro atoms. The number of halogens is 1. The Labute approximate surface area is 395 Å². The molecule has 1 atom stereocenters. The molecule has 6 fully saturated rings. The molecule has 6 aliphatic rings. The molecule has 5 N–H and O–H groups in total. The van der Waals surface area contributed by atoms with Gasteiger partial charge < -0.3 is 46.0 Å². The number of benzene rings is 3. The predicted molar refractivity (Wildman–Crippen MR) is 266 cm³/mol. The van der Waals surface area contributed by atoms with Crippen LogP contribution in [0.2, 0.25) is 5.02 Å². The maximum Gasteiger partial charge on any atom is 0.409 e. The van der Waals surface area contributed by atoms with Crippen molar-refractivity contribution in [2.75, 3.05) is 164 Å². The highest BCUT2D eigenvalue weighted by Gasteiger charge is 2.24. The molecule has 0 bridgehead atoms. The van der Waals surface area contributed by atoms with Gasteiger partial charge in [0, 0.05) is 156 Å². The van der Waals surface area contributed by atoms with Crippen LogP contribution in [0, 0.1) is 0 Å². The summed E-state index contributed by atoms with van der Waals surface area (Å²) in [6, 6.07) is 30.0. The molecular formula is C50H80ClN11O3. The van der Waals surface area contributed by atoms with Crippen LogP contribution in [0.15, 0.2) is 84.9 Å². The number of nitrogens with one attached hydrogen (secondary N) is 5. The number of rotatable bonds is 8. The number of hydrogen-bond acceptors (Lipinski definition) is 12. The van der Waals surface area contributed by atoms with Crippen molar-refractivity contribution >= 4 is 23.6 Å². The van der Waals surface area contributed by atoms with Gasteiger partial charge in [0.15, 0.2) is 0 Å². The number of likely N-dealkylation sites (tertiary alicyclic amines) is 1. The van der Waals surface area contributed by atoms with Crippen LogP contribution in [0.3, 0.4) is 0 Å². The van der Waals surface area contributed by atoms with Crippen molar-refractivity contribution in [3.05, 3.63) is 107 Å². The lowest BCUT2D eigenvalue weighted by Crippen LogP contribution is -2.48. The van der Waals surface area contributed by atoms with Gasteiger partial charge in [-0.15, -0.1) is 0 Å². The number of carbonyl (C=O) groups is 2. The molecule has 6 heterocycles. The van der Waals surface area contributed by atoms with Crippen molar-refractivity contribution < 1.29 is 14.3 Å². The summed E-state index contributed by atoms with van der Waals surface area (Å²) in [6.45, 7) is 26.9. The molecular weight excluding hydrogens is 838 g/mol. The van der Waals surface area contributed by atoms with E-state index in [9.17, 15) is 9.59 Å². The van der Waals surface area contributed by atoms with Crippen molar-refractivity contribution in [3.8, 4) is 0 Å². The average molecular weight is 919 g/mol. The van der Waals surface area contributed by atoms with Crippen molar-refractivity contribution in [2.45, 2.75) is 32.4 Å². The van der Waals surface area contributed by atoms with Gasteiger partial charge in [-0.2, -0.15) is 0 Å². The number of amides is 2. The van der Waals surface area contributed by atoms with E-state index in [2.05, 4.69) is 126 Å². The van der Waals surface area contributed by atoms with E-state index in [0.717, 1.165) is 129 Å². The van der Waals surface area contributed by atoms with Crippen molar-refractivity contribution in [1.82, 2.24) is 56.0 Å². The fourth-order valence-corrected chi connectivity index (χ4v) is 8.64. The highest BCUT2D eigenvalue weighted by Crippen LogP contribution is 2.29. The topological polar surface area (TPSA) is 123 Å². The summed E-state index contributed by atoms with van der Waals surface area (Å²) in [5.74, 6) is 0.324. The number of likely N-dealkylation sites (N-methyl/N-ethyl adjacent to an activating group) is 1. The lowest BCUT2D eigenvalue weighted by molar-refractivity contribution is -0.131. The molecule has 14 nitrogen and oxygen atoms in total. The second-order valence-electron chi connectivity index (χ2n) is 17.3. The van der Waals surface area contributed by atoms with Gasteiger partial charge >= 0.3 is 6.09 Å². The normalized spacial score (nSPS) is 20.2. The highest BCUT2D eigenvalue weighted by molar-refractivity contribution is 6.30. The van der Waals surface area contributed by atoms with E-state index in [1.165, 1.54) is 55.7 Å². The van der Waals surface area contributed by atoms with Crippen molar-refractivity contribution in [1.29, 1.82) is 0 Å². The fraction of sp³-hybridized carbons (Fsp3) is 0.600. The minimum atomic E-state index is -0.186. The first-order chi connectivity index (χ1) is 31.9. The summed E-state index contributed by atoms with van der Waals surface area (Å²) in [7, 11) is 2.15. The van der Waals surface area contributed by atoms with E-state index >= 15 is 0 Å². The van der Waals surface area contributed by atoms with Gasteiger partial charge in [-0.05, 0) is 55.6 Å². The third-order valence-corrected chi connectivity index (χ3v) is 12.5. The molecule has 0 aromatic heterocycles. The zero-order chi connectivity index (χ0) is 45.7. The molecule has 6 saturated heterocycles. The molecule has 0 saturated carbocycles. The van der Waals surface area contributed by atoms with E-state index < -0.39 is 0 Å². The Kier molecular flexibility index (Phi) is 25.2. The van der Waals surface area contributed by atoms with Crippen LogP contribution in [-0.2, 0) is 16.1 Å². The molecule has 0 aliphatic carbocycles. The minimum Gasteiger partial charge on any atom is -0.450 e. The Hall–Kier alpha value is -3.67. The summed E-state index contributed by atoms with van der Waals surface area (Å²) in [6.07, 6.45) is 2.19. The van der Waals surface area contributed by atoms with Gasteiger partial charge in [0.1, 0.15) is 0 Å². The van der Waals surface area contributed by atoms with Crippen LogP contribution in [-0.4, -0.2) is 206 Å². The standard InChI is InChI=1S/C17H19ClN2.C11H16N2.C10H19N3O.C7H14N2O2.C5H12N2/c18-16-8-6-15(7-9-16)17(14-4-2-1-3-5-14)20-12-10-19-11-13-20;1-2-4-11(5-3-1)10-13-8-6-12-7-9-13;14-10(13-5-1-2-6-13)9-12-7-3-11-4-8-12;1-2-11-7(10)9-5-3-8-4-6-9;1-7-4-2-6-3-5-7/h1-9,17,19H,10-13H2;1-5,12H,6-10H2;11H,1-9H2;8H,2-6H2,1H3;6H,2-5H2,1H3. The lowest BCUT2D eigenvalue weighted by Gasteiger charge is -2.35. The SMILES string of the molecule is CCOC(=O)N1CCNCC1.CN1CCNCC1.Clc1ccc(C(c2ccccc2)N2CCNCC2)cc1.O=C(CN1CCNCC1)N1CCCC1.c1ccc(CN2CCNCC2)cc1. The van der Waals surface area contributed by atoms with Crippen LogP contribution >= 0.6 is 11.6 Å². The first-order valence-electron chi connectivity index (χ1n) is 24.3. The first-order valence-corrected chi connectivity index (χ1v) is 24.7.